The smallest absolute Gasteiger partial charge is 0.269 e. The molecule has 1 N–H and O–H groups in total. The standard InChI is InChI=1S/C18H18N2O4/c1-2-13-24-17-10-6-15(7-11-17)19-18(21)12-5-14-3-8-16(9-4-14)20(22)23/h3-12H,2,13H2,1H3,(H,19,21)/b12-5+. The van der Waals surface area contributed by atoms with Gasteiger partial charge >= 0.3 is 0 Å². The van der Waals surface area contributed by atoms with Gasteiger partial charge in [-0.1, -0.05) is 6.92 Å². The van der Waals surface area contributed by atoms with E-state index in [4.69, 9.17) is 4.74 Å². The molecule has 0 saturated heterocycles. The van der Waals surface area contributed by atoms with Crippen LogP contribution in [0.1, 0.15) is 18.9 Å². The lowest BCUT2D eigenvalue weighted by Gasteiger charge is -2.06. The van der Waals surface area contributed by atoms with Gasteiger partial charge in [-0.05, 0) is 54.5 Å². The molecule has 0 fully saturated rings. The van der Waals surface area contributed by atoms with Gasteiger partial charge in [-0.3, -0.25) is 14.9 Å². The van der Waals surface area contributed by atoms with Gasteiger partial charge in [-0.25, -0.2) is 0 Å². The summed E-state index contributed by atoms with van der Waals surface area (Å²) in [5.74, 6) is 0.479. The summed E-state index contributed by atoms with van der Waals surface area (Å²) >= 11 is 0. The van der Waals surface area contributed by atoms with Gasteiger partial charge < -0.3 is 10.1 Å². The third-order valence-corrected chi connectivity index (χ3v) is 3.13. The SMILES string of the molecule is CCCOc1ccc(NC(=O)/C=C/c2ccc([N+](=O)[O-])cc2)cc1. The zero-order valence-electron chi connectivity index (χ0n) is 13.3. The molecule has 0 atom stereocenters. The van der Waals surface area contributed by atoms with Gasteiger partial charge in [-0.2, -0.15) is 0 Å². The lowest BCUT2D eigenvalue weighted by atomic mass is 10.2. The minimum atomic E-state index is -0.464. The molecule has 0 aromatic heterocycles. The van der Waals surface area contributed by atoms with Crippen LogP contribution >= 0.6 is 0 Å². The fraction of sp³-hybridized carbons (Fsp3) is 0.167. The van der Waals surface area contributed by atoms with Crippen molar-refractivity contribution in [2.45, 2.75) is 13.3 Å². The third-order valence-electron chi connectivity index (χ3n) is 3.13. The van der Waals surface area contributed by atoms with Crippen molar-refractivity contribution in [2.75, 3.05) is 11.9 Å². The normalized spacial score (nSPS) is 10.5. The Labute approximate surface area is 139 Å². The fourth-order valence-corrected chi connectivity index (χ4v) is 1.92. The highest BCUT2D eigenvalue weighted by atomic mass is 16.6. The molecule has 0 saturated carbocycles. The average Bonchev–Trinajstić information content (AvgIpc) is 2.59. The molecular weight excluding hydrogens is 308 g/mol. The largest absolute Gasteiger partial charge is 0.494 e. The Morgan fingerprint density at radius 3 is 2.42 bits per heavy atom. The maximum absolute atomic E-state index is 11.9. The number of nitro benzene ring substituents is 1. The zero-order chi connectivity index (χ0) is 17.4. The Hall–Kier alpha value is -3.15. The van der Waals surface area contributed by atoms with Crippen LogP contribution in [0.15, 0.2) is 54.6 Å². The van der Waals surface area contributed by atoms with E-state index in [1.54, 1.807) is 42.5 Å². The Bertz CT molecular complexity index is 722. The molecule has 124 valence electrons. The molecule has 1 amide bonds. The molecule has 2 aromatic rings. The zero-order valence-corrected chi connectivity index (χ0v) is 13.3. The number of carbonyl (C=O) groups is 1. The van der Waals surface area contributed by atoms with Crippen molar-refractivity contribution in [3.63, 3.8) is 0 Å². The third kappa shape index (κ3) is 5.24. The summed E-state index contributed by atoms with van der Waals surface area (Å²) in [6.45, 7) is 2.69. The van der Waals surface area contributed by atoms with E-state index in [1.807, 2.05) is 6.92 Å². The van der Waals surface area contributed by atoms with Gasteiger partial charge in [0.25, 0.3) is 5.69 Å². The first-order valence-electron chi connectivity index (χ1n) is 7.55. The van der Waals surface area contributed by atoms with Gasteiger partial charge in [0.1, 0.15) is 5.75 Å². The second-order valence-electron chi connectivity index (χ2n) is 5.04. The first-order valence-corrected chi connectivity index (χ1v) is 7.55. The number of amides is 1. The molecule has 24 heavy (non-hydrogen) atoms. The molecule has 2 aromatic carbocycles. The molecule has 0 spiro atoms. The van der Waals surface area contributed by atoms with Crippen LogP contribution in [0.4, 0.5) is 11.4 Å². The molecule has 0 bridgehead atoms. The first-order chi connectivity index (χ1) is 11.6. The number of nitrogens with one attached hydrogen (secondary N) is 1. The van der Waals surface area contributed by atoms with Crippen molar-refractivity contribution < 1.29 is 14.5 Å². The summed E-state index contributed by atoms with van der Waals surface area (Å²) in [7, 11) is 0. The Kier molecular flexibility index (Phi) is 6.08. The highest BCUT2D eigenvalue weighted by Crippen LogP contribution is 2.16. The van der Waals surface area contributed by atoms with E-state index in [9.17, 15) is 14.9 Å². The summed E-state index contributed by atoms with van der Waals surface area (Å²) < 4.78 is 5.47. The quantitative estimate of drug-likeness (QED) is 0.473. The molecule has 6 nitrogen and oxygen atoms in total. The molecule has 0 heterocycles. The maximum Gasteiger partial charge on any atom is 0.269 e. The van der Waals surface area contributed by atoms with E-state index in [0.717, 1.165) is 12.2 Å². The highest BCUT2D eigenvalue weighted by Gasteiger charge is 2.03. The number of carbonyl (C=O) groups excluding carboxylic acids is 1. The monoisotopic (exact) mass is 326 g/mol. The van der Waals surface area contributed by atoms with E-state index >= 15 is 0 Å². The van der Waals surface area contributed by atoms with Crippen LogP contribution in [0, 0.1) is 10.1 Å². The average molecular weight is 326 g/mol. The Morgan fingerprint density at radius 1 is 1.17 bits per heavy atom. The van der Waals surface area contributed by atoms with Crippen molar-refractivity contribution in [2.24, 2.45) is 0 Å². The summed E-state index contributed by atoms with van der Waals surface area (Å²) in [5.41, 5.74) is 1.39. The number of hydrogen-bond acceptors (Lipinski definition) is 4. The van der Waals surface area contributed by atoms with E-state index in [1.165, 1.54) is 18.2 Å². The van der Waals surface area contributed by atoms with Crippen molar-refractivity contribution in [3.8, 4) is 5.75 Å². The molecule has 0 aliphatic rings. The molecule has 0 aliphatic carbocycles. The number of rotatable bonds is 7. The Morgan fingerprint density at radius 2 is 1.83 bits per heavy atom. The number of nitro groups is 1. The lowest BCUT2D eigenvalue weighted by molar-refractivity contribution is -0.384. The van der Waals surface area contributed by atoms with E-state index in [0.29, 0.717) is 17.9 Å². The van der Waals surface area contributed by atoms with Gasteiger partial charge in [0.2, 0.25) is 5.91 Å². The summed E-state index contributed by atoms with van der Waals surface area (Å²) in [4.78, 5) is 22.0. The molecule has 0 aliphatic heterocycles. The van der Waals surface area contributed by atoms with Crippen molar-refractivity contribution in [1.82, 2.24) is 0 Å². The van der Waals surface area contributed by atoms with Crippen LogP contribution < -0.4 is 10.1 Å². The number of ether oxygens (including phenoxy) is 1. The maximum atomic E-state index is 11.9. The van der Waals surface area contributed by atoms with Crippen LogP contribution in [-0.4, -0.2) is 17.4 Å². The molecule has 2 rings (SSSR count). The fourth-order valence-electron chi connectivity index (χ4n) is 1.92. The lowest BCUT2D eigenvalue weighted by Crippen LogP contribution is -2.07. The molecule has 0 radical (unpaired) electrons. The number of non-ortho nitro benzene ring substituents is 1. The predicted octanol–water partition coefficient (Wildman–Crippen LogP) is 4.04. The summed E-state index contributed by atoms with van der Waals surface area (Å²) in [5, 5.41) is 13.3. The summed E-state index contributed by atoms with van der Waals surface area (Å²) in [6, 6.07) is 13.1. The van der Waals surface area contributed by atoms with E-state index in [-0.39, 0.29) is 11.6 Å². The molecule has 6 heteroatoms. The second kappa shape index (κ2) is 8.47. The van der Waals surface area contributed by atoms with Gasteiger partial charge in [0.15, 0.2) is 0 Å². The second-order valence-corrected chi connectivity index (χ2v) is 5.04. The highest BCUT2D eigenvalue weighted by molar-refractivity contribution is 6.01. The van der Waals surface area contributed by atoms with Crippen LogP contribution in [0.5, 0.6) is 5.75 Å². The number of nitrogens with zero attached hydrogens (tertiary/aromatic N) is 1. The minimum absolute atomic E-state index is 0.0157. The van der Waals surface area contributed by atoms with Crippen LogP contribution in [0.3, 0.4) is 0 Å². The van der Waals surface area contributed by atoms with Crippen molar-refractivity contribution in [3.05, 3.63) is 70.3 Å². The minimum Gasteiger partial charge on any atom is -0.494 e. The van der Waals surface area contributed by atoms with Crippen LogP contribution in [0.2, 0.25) is 0 Å². The number of hydrogen-bond donors (Lipinski definition) is 1. The van der Waals surface area contributed by atoms with Crippen molar-refractivity contribution >= 4 is 23.4 Å². The summed E-state index contributed by atoms with van der Waals surface area (Å²) in [6.07, 6.45) is 3.91. The predicted molar refractivity (Wildman–Crippen MR) is 93.0 cm³/mol. The van der Waals surface area contributed by atoms with Crippen LogP contribution in [0.25, 0.3) is 6.08 Å². The van der Waals surface area contributed by atoms with Gasteiger partial charge in [-0.15, -0.1) is 0 Å². The van der Waals surface area contributed by atoms with Gasteiger partial charge in [0.05, 0.1) is 11.5 Å². The van der Waals surface area contributed by atoms with Crippen LogP contribution in [-0.2, 0) is 4.79 Å². The van der Waals surface area contributed by atoms with Gasteiger partial charge in [0, 0.05) is 23.9 Å². The molecular formula is C18H18N2O4. The Balaban J connectivity index is 1.91. The van der Waals surface area contributed by atoms with E-state index in [2.05, 4.69) is 5.32 Å². The number of anilines is 1. The topological polar surface area (TPSA) is 81.5 Å². The van der Waals surface area contributed by atoms with Crippen molar-refractivity contribution in [1.29, 1.82) is 0 Å². The van der Waals surface area contributed by atoms with E-state index < -0.39 is 4.92 Å². The first kappa shape index (κ1) is 17.2. The number of benzene rings is 2. The molecule has 0 unspecified atom stereocenters.